The molecule has 60 valence electrons. The van der Waals surface area contributed by atoms with Gasteiger partial charge in [0.05, 0.1) is 5.69 Å². The summed E-state index contributed by atoms with van der Waals surface area (Å²) < 4.78 is 0. The van der Waals surface area contributed by atoms with Gasteiger partial charge in [-0.2, -0.15) is 0 Å². The Bertz CT molecular complexity index is 222. The van der Waals surface area contributed by atoms with Crippen LogP contribution in [0, 0.1) is 0 Å². The van der Waals surface area contributed by atoms with E-state index in [-0.39, 0.29) is 5.23 Å². The summed E-state index contributed by atoms with van der Waals surface area (Å²) in [7, 11) is 0. The second-order valence-electron chi connectivity index (χ2n) is 1.99. The van der Waals surface area contributed by atoms with E-state index in [1.807, 2.05) is 18.4 Å². The van der Waals surface area contributed by atoms with Gasteiger partial charge in [0.15, 0.2) is 0 Å². The highest BCUT2D eigenvalue weighted by Crippen LogP contribution is 2.18. The number of anilines is 1. The molecule has 4 heteroatoms. The average Bonchev–Trinajstić information content (AvgIpc) is 2.05. The number of thioether (sulfide) groups is 1. The van der Waals surface area contributed by atoms with Gasteiger partial charge < -0.3 is 0 Å². The molecule has 0 amide bonds. The Balaban J connectivity index is 2.83. The standard InChI is InChI=1S/C7H9NO2S/c1-11-7-4-2-6(3-5-7)8(9)10/h2-5,9-10H,1H3. The number of hydrogen-bond acceptors (Lipinski definition) is 4. The van der Waals surface area contributed by atoms with Gasteiger partial charge in [-0.15, -0.1) is 17.0 Å². The molecule has 1 aromatic rings. The highest BCUT2D eigenvalue weighted by atomic mass is 32.2. The minimum Gasteiger partial charge on any atom is -0.264 e. The molecule has 0 fully saturated rings. The largest absolute Gasteiger partial charge is 0.264 e. The lowest BCUT2D eigenvalue weighted by atomic mass is 10.3. The van der Waals surface area contributed by atoms with Crippen LogP contribution in [0.5, 0.6) is 0 Å². The average molecular weight is 171 g/mol. The second kappa shape index (κ2) is 3.61. The van der Waals surface area contributed by atoms with E-state index in [1.54, 1.807) is 23.9 Å². The number of rotatable bonds is 2. The van der Waals surface area contributed by atoms with Gasteiger partial charge in [0.25, 0.3) is 0 Å². The van der Waals surface area contributed by atoms with Crippen molar-refractivity contribution in [3.8, 4) is 0 Å². The van der Waals surface area contributed by atoms with E-state index in [2.05, 4.69) is 0 Å². The van der Waals surface area contributed by atoms with Crippen LogP contribution in [0.4, 0.5) is 5.69 Å². The molecule has 0 aliphatic carbocycles. The Morgan fingerprint density at radius 2 is 1.73 bits per heavy atom. The summed E-state index contributed by atoms with van der Waals surface area (Å²) in [5, 5.41) is 17.2. The lowest BCUT2D eigenvalue weighted by Gasteiger charge is -2.07. The molecule has 1 rings (SSSR count). The fourth-order valence-electron chi connectivity index (χ4n) is 0.716. The van der Waals surface area contributed by atoms with Crippen molar-refractivity contribution in [2.75, 3.05) is 11.5 Å². The molecule has 11 heavy (non-hydrogen) atoms. The minimum atomic E-state index is 0.101. The Kier molecular flexibility index (Phi) is 2.76. The van der Waals surface area contributed by atoms with Crippen molar-refractivity contribution in [2.24, 2.45) is 0 Å². The van der Waals surface area contributed by atoms with Crippen molar-refractivity contribution < 1.29 is 10.4 Å². The monoisotopic (exact) mass is 171 g/mol. The SMILES string of the molecule is CSc1ccc(N(O)O)cc1. The number of hydrogen-bond donors (Lipinski definition) is 2. The summed E-state index contributed by atoms with van der Waals surface area (Å²) in [4.78, 5) is 1.09. The fraction of sp³-hybridized carbons (Fsp3) is 0.143. The molecule has 1 aromatic carbocycles. The first-order valence-electron chi connectivity index (χ1n) is 3.06. The van der Waals surface area contributed by atoms with Crippen molar-refractivity contribution in [3.05, 3.63) is 24.3 Å². The van der Waals surface area contributed by atoms with Crippen LogP contribution >= 0.6 is 11.8 Å². The summed E-state index contributed by atoms with van der Waals surface area (Å²) in [6, 6.07) is 6.90. The maximum Gasteiger partial charge on any atom is 0.0943 e. The normalized spacial score (nSPS) is 9.73. The molecule has 0 aliphatic heterocycles. The first kappa shape index (κ1) is 8.39. The molecule has 0 aromatic heterocycles. The summed E-state index contributed by atoms with van der Waals surface area (Å²) in [6.45, 7) is 0. The molecule has 0 bridgehead atoms. The molecular formula is C7H9NO2S. The van der Waals surface area contributed by atoms with E-state index < -0.39 is 0 Å². The van der Waals surface area contributed by atoms with Gasteiger partial charge in [0, 0.05) is 4.90 Å². The maximum absolute atomic E-state index is 8.57. The summed E-state index contributed by atoms with van der Waals surface area (Å²) in [5.41, 5.74) is 0.364. The zero-order valence-electron chi connectivity index (χ0n) is 6.06. The Morgan fingerprint density at radius 1 is 1.18 bits per heavy atom. The molecule has 0 unspecified atom stereocenters. The van der Waals surface area contributed by atoms with Crippen molar-refractivity contribution in [1.82, 2.24) is 0 Å². The van der Waals surface area contributed by atoms with Crippen LogP contribution in [0.2, 0.25) is 0 Å². The lowest BCUT2D eigenvalue weighted by Crippen LogP contribution is -2.10. The van der Waals surface area contributed by atoms with Crippen LogP contribution < -0.4 is 5.23 Å². The Hall–Kier alpha value is -0.710. The summed E-state index contributed by atoms with van der Waals surface area (Å²) in [6.07, 6.45) is 1.96. The van der Waals surface area contributed by atoms with Gasteiger partial charge in [0.2, 0.25) is 0 Å². The van der Waals surface area contributed by atoms with Gasteiger partial charge in [0.1, 0.15) is 0 Å². The summed E-state index contributed by atoms with van der Waals surface area (Å²) in [5.74, 6) is 0. The topological polar surface area (TPSA) is 43.7 Å². The van der Waals surface area contributed by atoms with Crippen LogP contribution in [-0.2, 0) is 0 Å². The molecule has 3 nitrogen and oxygen atoms in total. The third kappa shape index (κ3) is 2.11. The van der Waals surface area contributed by atoms with Crippen LogP contribution in [0.15, 0.2) is 29.2 Å². The van der Waals surface area contributed by atoms with E-state index >= 15 is 0 Å². The van der Waals surface area contributed by atoms with Gasteiger partial charge in [-0.3, -0.25) is 10.4 Å². The third-order valence-electron chi connectivity index (χ3n) is 1.30. The van der Waals surface area contributed by atoms with Crippen molar-refractivity contribution in [3.63, 3.8) is 0 Å². The molecule has 0 atom stereocenters. The predicted octanol–water partition coefficient (Wildman–Crippen LogP) is 1.99. The predicted molar refractivity (Wildman–Crippen MR) is 44.3 cm³/mol. The van der Waals surface area contributed by atoms with Gasteiger partial charge in [-0.1, -0.05) is 0 Å². The van der Waals surface area contributed by atoms with Gasteiger partial charge >= 0.3 is 0 Å². The number of benzene rings is 1. The Labute approximate surface area is 69.2 Å². The molecule has 0 heterocycles. The van der Waals surface area contributed by atoms with E-state index in [1.165, 1.54) is 0 Å². The zero-order chi connectivity index (χ0) is 8.27. The van der Waals surface area contributed by atoms with E-state index in [0.29, 0.717) is 5.69 Å². The molecule has 2 N–H and O–H groups in total. The van der Waals surface area contributed by atoms with Crippen LogP contribution in [0.25, 0.3) is 0 Å². The maximum atomic E-state index is 8.57. The molecule has 0 saturated carbocycles. The van der Waals surface area contributed by atoms with E-state index in [9.17, 15) is 0 Å². The Morgan fingerprint density at radius 3 is 2.09 bits per heavy atom. The number of nitrogens with zero attached hydrogens (tertiary/aromatic N) is 1. The minimum absolute atomic E-state index is 0.101. The van der Waals surface area contributed by atoms with Crippen molar-refractivity contribution in [2.45, 2.75) is 4.90 Å². The van der Waals surface area contributed by atoms with Crippen LogP contribution in [0.1, 0.15) is 0 Å². The highest BCUT2D eigenvalue weighted by Gasteiger charge is 1.96. The highest BCUT2D eigenvalue weighted by molar-refractivity contribution is 7.98. The molecular weight excluding hydrogens is 162 g/mol. The van der Waals surface area contributed by atoms with Crippen LogP contribution in [0.3, 0.4) is 0 Å². The van der Waals surface area contributed by atoms with E-state index in [0.717, 1.165) is 4.90 Å². The van der Waals surface area contributed by atoms with Crippen LogP contribution in [-0.4, -0.2) is 16.7 Å². The van der Waals surface area contributed by atoms with Gasteiger partial charge in [-0.25, -0.2) is 0 Å². The van der Waals surface area contributed by atoms with Gasteiger partial charge in [-0.05, 0) is 30.5 Å². The smallest absolute Gasteiger partial charge is 0.0943 e. The van der Waals surface area contributed by atoms with Crippen molar-refractivity contribution in [1.29, 1.82) is 0 Å². The first-order chi connectivity index (χ1) is 5.24. The fourth-order valence-corrected chi connectivity index (χ4v) is 1.12. The quantitative estimate of drug-likeness (QED) is 0.527. The first-order valence-corrected chi connectivity index (χ1v) is 4.28. The summed E-state index contributed by atoms with van der Waals surface area (Å²) >= 11 is 1.61. The molecule has 0 aliphatic rings. The molecule has 0 saturated heterocycles. The third-order valence-corrected chi connectivity index (χ3v) is 2.05. The lowest BCUT2D eigenvalue weighted by molar-refractivity contribution is 0.0291. The van der Waals surface area contributed by atoms with Crippen molar-refractivity contribution >= 4 is 17.4 Å². The molecule has 0 radical (unpaired) electrons. The molecule has 0 spiro atoms. The van der Waals surface area contributed by atoms with E-state index in [4.69, 9.17) is 10.4 Å². The second-order valence-corrected chi connectivity index (χ2v) is 2.87. The zero-order valence-corrected chi connectivity index (χ0v) is 6.88.